The molecule has 4 fully saturated rings. The van der Waals surface area contributed by atoms with E-state index in [1.165, 1.54) is 19.7 Å². The van der Waals surface area contributed by atoms with Gasteiger partial charge in [0, 0.05) is 42.5 Å². The molecule has 3 saturated heterocycles. The highest BCUT2D eigenvalue weighted by Gasteiger charge is 2.44. The van der Waals surface area contributed by atoms with Crippen LogP contribution in [0.5, 0.6) is 6.01 Å². The van der Waals surface area contributed by atoms with Crippen molar-refractivity contribution < 1.29 is 35.5 Å². The Kier molecular flexibility index (Phi) is 8.29. The standard InChI is InChI=1S/C23H22F5N5O.C8H11F2N/c1-10-16(23(26,27)28)12(8-14(29)17(10)24)19-18(25)20-13(9-30-19)21(32-22(31-20)34-2)33-6-4-3-5-11-7-15(11)33;9-8(10)6-4-7-2-1-3-11(7)5-6/h8-9,11,15H,3-7,29H2,1-2H3;7H,1-5H2. The SMILES string of the molecule is COc1nc(N2CCCCC3CC32)c2cnc(-c3cc(N)c(F)c(C)c3C(F)(F)F)c(F)c2n1.FC(F)=C1CC2CCCN2C1. The summed E-state index contributed by atoms with van der Waals surface area (Å²) in [5.74, 6) is -1.31. The number of aromatic nitrogens is 3. The van der Waals surface area contributed by atoms with Gasteiger partial charge in [-0.1, -0.05) is 6.42 Å². The van der Waals surface area contributed by atoms with E-state index >= 15 is 4.39 Å². The van der Waals surface area contributed by atoms with Crippen LogP contribution in [-0.4, -0.2) is 58.7 Å². The number of hydrogen-bond acceptors (Lipinski definition) is 7. The monoisotopic (exact) mass is 638 g/mol. The van der Waals surface area contributed by atoms with Crippen molar-refractivity contribution >= 4 is 22.4 Å². The van der Waals surface area contributed by atoms with Crippen LogP contribution in [0, 0.1) is 24.5 Å². The van der Waals surface area contributed by atoms with E-state index in [1.54, 1.807) is 0 Å². The van der Waals surface area contributed by atoms with Crippen molar-refractivity contribution in [1.29, 1.82) is 0 Å². The molecule has 1 aliphatic carbocycles. The molecule has 242 valence electrons. The first-order valence-electron chi connectivity index (χ1n) is 15.0. The molecular formula is C31H33F7N6O. The van der Waals surface area contributed by atoms with Crippen LogP contribution in [0.1, 0.15) is 56.1 Å². The first kappa shape index (κ1) is 31.3. The summed E-state index contributed by atoms with van der Waals surface area (Å²) in [5.41, 5.74) is 1.87. The zero-order valence-corrected chi connectivity index (χ0v) is 24.8. The van der Waals surface area contributed by atoms with E-state index in [0.717, 1.165) is 51.6 Å². The second-order valence-corrected chi connectivity index (χ2v) is 12.1. The number of benzene rings is 1. The molecule has 0 spiro atoms. The summed E-state index contributed by atoms with van der Waals surface area (Å²) < 4.78 is 101. The minimum Gasteiger partial charge on any atom is -0.467 e. The lowest BCUT2D eigenvalue weighted by Gasteiger charge is -2.24. The average molecular weight is 639 g/mol. The highest BCUT2D eigenvalue weighted by atomic mass is 19.4. The molecule has 45 heavy (non-hydrogen) atoms. The van der Waals surface area contributed by atoms with E-state index in [-0.39, 0.29) is 23.0 Å². The van der Waals surface area contributed by atoms with E-state index in [1.807, 2.05) is 0 Å². The lowest BCUT2D eigenvalue weighted by molar-refractivity contribution is -0.137. The van der Waals surface area contributed by atoms with Gasteiger partial charge in [0.05, 0.1) is 23.7 Å². The summed E-state index contributed by atoms with van der Waals surface area (Å²) in [4.78, 5) is 16.8. The largest absolute Gasteiger partial charge is 0.467 e. The predicted octanol–water partition coefficient (Wildman–Crippen LogP) is 7.27. The number of hydrogen-bond donors (Lipinski definition) is 1. The Hall–Kier alpha value is -3.68. The number of pyridine rings is 1. The molecule has 2 N–H and O–H groups in total. The van der Waals surface area contributed by atoms with Gasteiger partial charge >= 0.3 is 12.2 Å². The molecule has 0 radical (unpaired) electrons. The number of anilines is 2. The van der Waals surface area contributed by atoms with Gasteiger partial charge in [0.15, 0.2) is 5.82 Å². The Bertz CT molecular complexity index is 1640. The van der Waals surface area contributed by atoms with E-state index < -0.39 is 52.0 Å². The Morgan fingerprint density at radius 3 is 2.51 bits per heavy atom. The molecule has 3 unspecified atom stereocenters. The van der Waals surface area contributed by atoms with E-state index in [0.29, 0.717) is 42.9 Å². The van der Waals surface area contributed by atoms with Crippen molar-refractivity contribution in [2.75, 3.05) is 37.4 Å². The van der Waals surface area contributed by atoms with Crippen molar-refractivity contribution in [1.82, 2.24) is 19.9 Å². The van der Waals surface area contributed by atoms with Crippen LogP contribution in [0.15, 0.2) is 23.9 Å². The summed E-state index contributed by atoms with van der Waals surface area (Å²) in [5, 5.41) is 0.273. The minimum absolute atomic E-state index is 0.106. The summed E-state index contributed by atoms with van der Waals surface area (Å²) >= 11 is 0. The van der Waals surface area contributed by atoms with Crippen LogP contribution in [-0.2, 0) is 6.18 Å². The maximum atomic E-state index is 15.8. The fourth-order valence-corrected chi connectivity index (χ4v) is 7.00. The van der Waals surface area contributed by atoms with E-state index in [4.69, 9.17) is 10.5 Å². The highest BCUT2D eigenvalue weighted by molar-refractivity contribution is 5.92. The quantitative estimate of drug-likeness (QED) is 0.239. The van der Waals surface area contributed by atoms with Gasteiger partial charge in [-0.25, -0.2) is 8.78 Å². The van der Waals surface area contributed by atoms with Gasteiger partial charge in [-0.05, 0) is 69.5 Å². The maximum absolute atomic E-state index is 15.8. The van der Waals surface area contributed by atoms with Crippen LogP contribution in [0.2, 0.25) is 0 Å². The second-order valence-electron chi connectivity index (χ2n) is 12.1. The summed E-state index contributed by atoms with van der Waals surface area (Å²) in [6, 6.07) is 1.35. The molecule has 5 heterocycles. The third-order valence-corrected chi connectivity index (χ3v) is 9.32. The molecule has 0 amide bonds. The zero-order chi connectivity index (χ0) is 32.2. The van der Waals surface area contributed by atoms with Gasteiger partial charge < -0.3 is 15.4 Å². The van der Waals surface area contributed by atoms with Gasteiger partial charge in [-0.15, -0.1) is 0 Å². The van der Waals surface area contributed by atoms with Crippen LogP contribution in [0.25, 0.3) is 22.2 Å². The number of alkyl halides is 3. The predicted molar refractivity (Wildman–Crippen MR) is 155 cm³/mol. The average Bonchev–Trinajstić information content (AvgIpc) is 3.48. The molecule has 7 rings (SSSR count). The van der Waals surface area contributed by atoms with Gasteiger partial charge in [-0.2, -0.15) is 31.9 Å². The number of fused-ring (bicyclic) bond motifs is 3. The van der Waals surface area contributed by atoms with Crippen molar-refractivity contribution in [2.24, 2.45) is 5.92 Å². The number of ether oxygens (including phenoxy) is 1. The van der Waals surface area contributed by atoms with Gasteiger partial charge in [0.25, 0.3) is 6.08 Å². The molecule has 1 aromatic carbocycles. The molecular weight excluding hydrogens is 605 g/mol. The smallest absolute Gasteiger partial charge is 0.417 e. The van der Waals surface area contributed by atoms with Gasteiger partial charge in [0.2, 0.25) is 0 Å². The van der Waals surface area contributed by atoms with Crippen LogP contribution in [0.3, 0.4) is 0 Å². The third kappa shape index (κ3) is 5.88. The number of nitrogens with two attached hydrogens (primary N) is 1. The third-order valence-electron chi connectivity index (χ3n) is 9.32. The van der Waals surface area contributed by atoms with Crippen molar-refractivity contribution in [2.45, 2.75) is 70.1 Å². The second kappa shape index (κ2) is 11.9. The summed E-state index contributed by atoms with van der Waals surface area (Å²) in [6.45, 7) is 3.20. The van der Waals surface area contributed by atoms with Gasteiger partial charge in [0.1, 0.15) is 22.8 Å². The summed E-state index contributed by atoms with van der Waals surface area (Å²) in [7, 11) is 1.33. The lowest BCUT2D eigenvalue weighted by Crippen LogP contribution is -2.28. The van der Waals surface area contributed by atoms with E-state index in [2.05, 4.69) is 24.8 Å². The lowest BCUT2D eigenvalue weighted by atomic mass is 9.96. The highest BCUT2D eigenvalue weighted by Crippen LogP contribution is 2.46. The first-order chi connectivity index (χ1) is 21.4. The number of rotatable bonds is 3. The van der Waals surface area contributed by atoms with E-state index in [9.17, 15) is 26.3 Å². The first-order valence-corrected chi connectivity index (χ1v) is 15.0. The van der Waals surface area contributed by atoms with Crippen LogP contribution < -0.4 is 15.4 Å². The topological polar surface area (TPSA) is 80.4 Å². The minimum atomic E-state index is -4.96. The van der Waals surface area contributed by atoms with Crippen molar-refractivity contribution in [3.63, 3.8) is 0 Å². The number of nitrogen functional groups attached to an aromatic ring is 1. The molecule has 3 atom stereocenters. The molecule has 3 aromatic rings. The van der Waals surface area contributed by atoms with Crippen molar-refractivity contribution in [3.05, 3.63) is 46.7 Å². The summed E-state index contributed by atoms with van der Waals surface area (Å²) in [6.07, 6.45) is 1.91. The Balaban J connectivity index is 0.000000272. The molecule has 14 heteroatoms. The number of nitrogens with zero attached hydrogens (tertiary/aromatic N) is 5. The Labute approximate surface area is 255 Å². The normalized spacial score (nSPS) is 22.9. The maximum Gasteiger partial charge on any atom is 0.417 e. The van der Waals surface area contributed by atoms with Crippen LogP contribution >= 0.6 is 0 Å². The zero-order valence-electron chi connectivity index (χ0n) is 24.8. The number of methoxy groups -OCH3 is 1. The fraction of sp³-hybridized carbons (Fsp3) is 0.516. The van der Waals surface area contributed by atoms with Crippen molar-refractivity contribution in [3.8, 4) is 17.3 Å². The number of halogens is 7. The molecule has 1 saturated carbocycles. The van der Waals surface area contributed by atoms with Gasteiger partial charge in [-0.3, -0.25) is 9.88 Å². The van der Waals surface area contributed by atoms with Crippen LogP contribution in [0.4, 0.5) is 42.2 Å². The Morgan fingerprint density at radius 1 is 1.04 bits per heavy atom. The molecule has 7 nitrogen and oxygen atoms in total. The molecule has 2 aromatic heterocycles. The molecule has 4 aliphatic rings. The Morgan fingerprint density at radius 2 is 1.82 bits per heavy atom. The fourth-order valence-electron chi connectivity index (χ4n) is 7.00. The molecule has 0 bridgehead atoms. The molecule has 3 aliphatic heterocycles.